The summed E-state index contributed by atoms with van der Waals surface area (Å²) in [4.78, 5) is 17.1. The molecule has 1 amide bonds. The molecule has 4 nitrogen and oxygen atoms in total. The predicted octanol–water partition coefficient (Wildman–Crippen LogP) is 4.27. The van der Waals surface area contributed by atoms with Gasteiger partial charge in [0.2, 0.25) is 0 Å². The normalized spacial score (nSPS) is 16.6. The van der Waals surface area contributed by atoms with Crippen LogP contribution in [-0.2, 0) is 0 Å². The van der Waals surface area contributed by atoms with Gasteiger partial charge in [-0.3, -0.25) is 9.78 Å². The standard InChI is InChI=1S/C18H22BrN3O.2ClH/c1-12-9-16(15-10-14(19)4-5-17(15)22-12)18(23)21-8-6-13-3-2-7-20-11-13;;/h4-5,9-10,13,20H,2-3,6-8,11H2,1H3,(H,21,23);2*1H. The average Bonchev–Trinajstić information content (AvgIpc) is 2.55. The Balaban J connectivity index is 0.00000156. The van der Waals surface area contributed by atoms with Crippen molar-refractivity contribution in [1.29, 1.82) is 0 Å². The number of hydrogen-bond donors (Lipinski definition) is 2. The van der Waals surface area contributed by atoms with E-state index in [9.17, 15) is 4.79 Å². The smallest absolute Gasteiger partial charge is 0.252 e. The van der Waals surface area contributed by atoms with E-state index in [2.05, 4.69) is 31.5 Å². The van der Waals surface area contributed by atoms with Gasteiger partial charge in [-0.1, -0.05) is 15.9 Å². The van der Waals surface area contributed by atoms with Crippen LogP contribution < -0.4 is 10.6 Å². The summed E-state index contributed by atoms with van der Waals surface area (Å²) in [7, 11) is 0. The first-order valence-corrected chi connectivity index (χ1v) is 8.98. The fourth-order valence-corrected chi connectivity index (χ4v) is 3.53. The van der Waals surface area contributed by atoms with Crippen LogP contribution in [-0.4, -0.2) is 30.5 Å². The fraction of sp³-hybridized carbons (Fsp3) is 0.444. The first-order chi connectivity index (χ1) is 11.1. The predicted molar refractivity (Wildman–Crippen MR) is 111 cm³/mol. The van der Waals surface area contributed by atoms with Crippen molar-refractivity contribution in [3.05, 3.63) is 40.0 Å². The maximum Gasteiger partial charge on any atom is 0.252 e. The minimum atomic E-state index is -0.0117. The molecule has 138 valence electrons. The summed E-state index contributed by atoms with van der Waals surface area (Å²) in [5.41, 5.74) is 2.42. The second kappa shape index (κ2) is 10.3. The van der Waals surface area contributed by atoms with Crippen molar-refractivity contribution in [2.75, 3.05) is 19.6 Å². The lowest BCUT2D eigenvalue weighted by Crippen LogP contribution is -2.33. The van der Waals surface area contributed by atoms with Gasteiger partial charge in [-0.2, -0.15) is 0 Å². The highest BCUT2D eigenvalue weighted by atomic mass is 79.9. The number of fused-ring (bicyclic) bond motifs is 1. The van der Waals surface area contributed by atoms with E-state index in [1.165, 1.54) is 12.8 Å². The Hall–Kier alpha value is -0.880. The van der Waals surface area contributed by atoms with Crippen molar-refractivity contribution in [3.63, 3.8) is 0 Å². The molecule has 1 aliphatic heterocycles. The van der Waals surface area contributed by atoms with Crippen molar-refractivity contribution >= 4 is 57.6 Å². The molecule has 1 unspecified atom stereocenters. The Labute approximate surface area is 169 Å². The first-order valence-electron chi connectivity index (χ1n) is 8.19. The number of halogens is 3. The van der Waals surface area contributed by atoms with E-state index in [-0.39, 0.29) is 30.7 Å². The molecule has 25 heavy (non-hydrogen) atoms. The van der Waals surface area contributed by atoms with Gasteiger partial charge in [-0.05, 0) is 69.5 Å². The third-order valence-corrected chi connectivity index (χ3v) is 4.87. The Morgan fingerprint density at radius 2 is 2.16 bits per heavy atom. The van der Waals surface area contributed by atoms with Crippen LogP contribution in [0, 0.1) is 12.8 Å². The van der Waals surface area contributed by atoms with E-state index in [1.807, 2.05) is 31.2 Å². The molecule has 0 saturated carbocycles. The number of nitrogens with zero attached hydrogens (tertiary/aromatic N) is 1. The lowest BCUT2D eigenvalue weighted by atomic mass is 9.96. The summed E-state index contributed by atoms with van der Waals surface area (Å²) in [5.74, 6) is 0.663. The summed E-state index contributed by atoms with van der Waals surface area (Å²) < 4.78 is 0.956. The molecule has 0 aliphatic carbocycles. The van der Waals surface area contributed by atoms with Gasteiger partial charge in [0.25, 0.3) is 5.91 Å². The van der Waals surface area contributed by atoms with E-state index in [0.29, 0.717) is 11.5 Å². The van der Waals surface area contributed by atoms with Gasteiger partial charge in [0.1, 0.15) is 0 Å². The molecule has 2 heterocycles. The third-order valence-electron chi connectivity index (χ3n) is 4.38. The molecule has 0 radical (unpaired) electrons. The van der Waals surface area contributed by atoms with Gasteiger partial charge in [-0.15, -0.1) is 24.8 Å². The maximum absolute atomic E-state index is 12.6. The number of pyridine rings is 1. The van der Waals surface area contributed by atoms with Crippen LogP contribution >= 0.6 is 40.7 Å². The third kappa shape index (κ3) is 5.81. The highest BCUT2D eigenvalue weighted by Gasteiger charge is 2.15. The minimum absolute atomic E-state index is 0. The van der Waals surface area contributed by atoms with Gasteiger partial charge >= 0.3 is 0 Å². The SMILES string of the molecule is Cc1cc(C(=O)NCCC2CCCNC2)c2cc(Br)ccc2n1.Cl.Cl. The molecular formula is C18H24BrCl2N3O. The summed E-state index contributed by atoms with van der Waals surface area (Å²) in [6.45, 7) is 4.84. The molecule has 0 bridgehead atoms. The minimum Gasteiger partial charge on any atom is -0.352 e. The highest BCUT2D eigenvalue weighted by Crippen LogP contribution is 2.23. The molecule has 1 atom stereocenters. The van der Waals surface area contributed by atoms with Gasteiger partial charge in [0.05, 0.1) is 11.1 Å². The fourth-order valence-electron chi connectivity index (χ4n) is 3.17. The van der Waals surface area contributed by atoms with Crippen LogP contribution in [0.4, 0.5) is 0 Å². The zero-order valence-electron chi connectivity index (χ0n) is 14.2. The summed E-state index contributed by atoms with van der Waals surface area (Å²) in [6, 6.07) is 7.72. The number of carbonyl (C=O) groups is 1. The number of nitrogens with one attached hydrogen (secondary N) is 2. The van der Waals surface area contributed by atoms with Gasteiger partial charge in [-0.25, -0.2) is 0 Å². The highest BCUT2D eigenvalue weighted by molar-refractivity contribution is 9.10. The largest absolute Gasteiger partial charge is 0.352 e. The van der Waals surface area contributed by atoms with Crippen LogP contribution in [0.1, 0.15) is 35.3 Å². The van der Waals surface area contributed by atoms with Crippen molar-refractivity contribution in [2.24, 2.45) is 5.92 Å². The first kappa shape index (κ1) is 22.2. The van der Waals surface area contributed by atoms with Crippen molar-refractivity contribution < 1.29 is 4.79 Å². The van der Waals surface area contributed by atoms with E-state index < -0.39 is 0 Å². The molecule has 1 fully saturated rings. The average molecular weight is 449 g/mol. The summed E-state index contributed by atoms with van der Waals surface area (Å²) in [6.07, 6.45) is 3.53. The lowest BCUT2D eigenvalue weighted by Gasteiger charge is -2.22. The van der Waals surface area contributed by atoms with Crippen LogP contribution in [0.3, 0.4) is 0 Å². The van der Waals surface area contributed by atoms with Crippen LogP contribution in [0.5, 0.6) is 0 Å². The Bertz CT molecular complexity index is 721. The second-order valence-electron chi connectivity index (χ2n) is 6.23. The molecule has 2 N–H and O–H groups in total. The molecule has 1 aromatic heterocycles. The molecule has 1 aliphatic rings. The number of aromatic nitrogens is 1. The molecule has 7 heteroatoms. The Kier molecular flexibility index (Phi) is 9.14. The number of hydrogen-bond acceptors (Lipinski definition) is 3. The van der Waals surface area contributed by atoms with Crippen LogP contribution in [0.25, 0.3) is 10.9 Å². The molecule has 1 aromatic carbocycles. The van der Waals surface area contributed by atoms with Crippen molar-refractivity contribution in [3.8, 4) is 0 Å². The quantitative estimate of drug-likeness (QED) is 0.734. The van der Waals surface area contributed by atoms with E-state index >= 15 is 0 Å². The topological polar surface area (TPSA) is 54.0 Å². The number of aryl methyl sites for hydroxylation is 1. The van der Waals surface area contributed by atoms with Gasteiger partial charge in [0.15, 0.2) is 0 Å². The zero-order valence-corrected chi connectivity index (χ0v) is 17.4. The van der Waals surface area contributed by atoms with E-state index in [1.54, 1.807) is 0 Å². The Morgan fingerprint density at radius 3 is 2.88 bits per heavy atom. The summed E-state index contributed by atoms with van der Waals surface area (Å²) in [5, 5.41) is 7.38. The Morgan fingerprint density at radius 1 is 1.36 bits per heavy atom. The monoisotopic (exact) mass is 447 g/mol. The number of benzene rings is 1. The molecule has 2 aromatic rings. The number of amides is 1. The molecule has 1 saturated heterocycles. The number of carbonyl (C=O) groups excluding carboxylic acids is 1. The second-order valence-corrected chi connectivity index (χ2v) is 7.15. The lowest BCUT2D eigenvalue weighted by molar-refractivity contribution is 0.0952. The van der Waals surface area contributed by atoms with E-state index in [4.69, 9.17) is 0 Å². The molecule has 0 spiro atoms. The van der Waals surface area contributed by atoms with Crippen molar-refractivity contribution in [2.45, 2.75) is 26.2 Å². The number of piperidine rings is 1. The van der Waals surface area contributed by atoms with Gasteiger partial charge in [0, 0.05) is 22.1 Å². The number of rotatable bonds is 4. The molecular weight excluding hydrogens is 425 g/mol. The molecule has 3 rings (SSSR count). The maximum atomic E-state index is 12.6. The van der Waals surface area contributed by atoms with Crippen LogP contribution in [0.15, 0.2) is 28.7 Å². The van der Waals surface area contributed by atoms with E-state index in [0.717, 1.165) is 47.1 Å². The summed E-state index contributed by atoms with van der Waals surface area (Å²) >= 11 is 3.47. The van der Waals surface area contributed by atoms with Gasteiger partial charge < -0.3 is 10.6 Å². The zero-order chi connectivity index (χ0) is 16.2. The van der Waals surface area contributed by atoms with Crippen LogP contribution in [0.2, 0.25) is 0 Å². The van der Waals surface area contributed by atoms with Crippen molar-refractivity contribution in [1.82, 2.24) is 15.6 Å².